The SMILES string of the molecule is Cc1ccc(C)c(-c2cnc3c(N4CCC(O)CC4)nccn23)c1. The fourth-order valence-corrected chi connectivity index (χ4v) is 3.42. The van der Waals surface area contributed by atoms with Crippen LogP contribution in [0, 0.1) is 13.8 Å². The molecule has 1 fully saturated rings. The first-order valence-corrected chi connectivity index (χ1v) is 8.46. The highest BCUT2D eigenvalue weighted by Gasteiger charge is 2.21. The molecule has 0 bridgehead atoms. The van der Waals surface area contributed by atoms with Crippen LogP contribution in [0.15, 0.2) is 36.8 Å². The molecule has 1 aromatic carbocycles. The Balaban J connectivity index is 1.81. The topological polar surface area (TPSA) is 53.7 Å². The summed E-state index contributed by atoms with van der Waals surface area (Å²) in [4.78, 5) is 11.4. The zero-order valence-corrected chi connectivity index (χ0v) is 14.1. The Labute approximate surface area is 141 Å². The van der Waals surface area contributed by atoms with Crippen molar-refractivity contribution in [2.45, 2.75) is 32.8 Å². The van der Waals surface area contributed by atoms with Crippen LogP contribution in [0.1, 0.15) is 24.0 Å². The van der Waals surface area contributed by atoms with E-state index in [-0.39, 0.29) is 6.10 Å². The third-order valence-corrected chi connectivity index (χ3v) is 4.84. The molecule has 1 saturated heterocycles. The molecular formula is C19H22N4O. The van der Waals surface area contributed by atoms with Gasteiger partial charge in [-0.25, -0.2) is 9.97 Å². The molecule has 0 amide bonds. The number of hydrogen-bond acceptors (Lipinski definition) is 4. The predicted octanol–water partition coefficient (Wildman–Crippen LogP) is 2.97. The van der Waals surface area contributed by atoms with Crippen LogP contribution in [-0.4, -0.2) is 38.7 Å². The normalized spacial score (nSPS) is 16.0. The van der Waals surface area contributed by atoms with E-state index < -0.39 is 0 Å². The molecule has 3 heterocycles. The van der Waals surface area contributed by atoms with E-state index >= 15 is 0 Å². The number of anilines is 1. The molecule has 0 spiro atoms. The molecule has 0 saturated carbocycles. The molecule has 1 aliphatic rings. The first-order chi connectivity index (χ1) is 11.6. The highest BCUT2D eigenvalue weighted by molar-refractivity contribution is 5.73. The zero-order valence-electron chi connectivity index (χ0n) is 14.1. The number of hydrogen-bond donors (Lipinski definition) is 1. The number of benzene rings is 1. The molecule has 5 nitrogen and oxygen atoms in total. The van der Waals surface area contributed by atoms with Gasteiger partial charge >= 0.3 is 0 Å². The second-order valence-electron chi connectivity index (χ2n) is 6.62. The van der Waals surface area contributed by atoms with Gasteiger partial charge in [-0.05, 0) is 38.3 Å². The van der Waals surface area contributed by atoms with Gasteiger partial charge in [0.15, 0.2) is 11.5 Å². The van der Waals surface area contributed by atoms with Crippen molar-refractivity contribution in [2.24, 2.45) is 0 Å². The summed E-state index contributed by atoms with van der Waals surface area (Å²) in [5.41, 5.74) is 5.65. The summed E-state index contributed by atoms with van der Waals surface area (Å²) < 4.78 is 2.12. The Morgan fingerprint density at radius 3 is 2.71 bits per heavy atom. The van der Waals surface area contributed by atoms with Gasteiger partial charge in [0.1, 0.15) is 0 Å². The van der Waals surface area contributed by atoms with E-state index in [0.29, 0.717) is 0 Å². The van der Waals surface area contributed by atoms with Crippen LogP contribution in [0.4, 0.5) is 5.82 Å². The smallest absolute Gasteiger partial charge is 0.180 e. The number of aliphatic hydroxyl groups excluding tert-OH is 1. The number of piperidine rings is 1. The van der Waals surface area contributed by atoms with Crippen molar-refractivity contribution in [1.82, 2.24) is 14.4 Å². The van der Waals surface area contributed by atoms with E-state index in [1.165, 1.54) is 16.7 Å². The van der Waals surface area contributed by atoms with E-state index in [9.17, 15) is 5.11 Å². The number of fused-ring (bicyclic) bond motifs is 1. The maximum absolute atomic E-state index is 9.73. The molecule has 4 rings (SSSR count). The van der Waals surface area contributed by atoms with Crippen LogP contribution in [0.3, 0.4) is 0 Å². The van der Waals surface area contributed by atoms with Crippen molar-refractivity contribution >= 4 is 11.5 Å². The molecule has 0 aliphatic carbocycles. The number of imidazole rings is 1. The minimum atomic E-state index is -0.189. The first-order valence-electron chi connectivity index (χ1n) is 8.46. The molecule has 5 heteroatoms. The van der Waals surface area contributed by atoms with Gasteiger partial charge in [0, 0.05) is 31.0 Å². The van der Waals surface area contributed by atoms with Crippen LogP contribution < -0.4 is 4.90 Å². The van der Waals surface area contributed by atoms with Crippen molar-refractivity contribution in [3.63, 3.8) is 0 Å². The summed E-state index contributed by atoms with van der Waals surface area (Å²) >= 11 is 0. The summed E-state index contributed by atoms with van der Waals surface area (Å²) in [5, 5.41) is 9.73. The molecule has 0 atom stereocenters. The standard InChI is InChI=1S/C19H22N4O/c1-13-3-4-14(2)16(11-13)17-12-21-19-18(20-7-10-23(17)19)22-8-5-15(24)6-9-22/h3-4,7,10-12,15,24H,5-6,8-9H2,1-2H3. The Kier molecular flexibility index (Phi) is 3.73. The number of nitrogens with zero attached hydrogens (tertiary/aromatic N) is 4. The largest absolute Gasteiger partial charge is 0.393 e. The van der Waals surface area contributed by atoms with Gasteiger partial charge in [-0.15, -0.1) is 0 Å². The van der Waals surface area contributed by atoms with Crippen molar-refractivity contribution < 1.29 is 5.11 Å². The number of aliphatic hydroxyl groups is 1. The fraction of sp³-hybridized carbons (Fsp3) is 0.368. The lowest BCUT2D eigenvalue weighted by molar-refractivity contribution is 0.145. The van der Waals surface area contributed by atoms with Crippen molar-refractivity contribution in [3.05, 3.63) is 47.9 Å². The van der Waals surface area contributed by atoms with Gasteiger partial charge in [0.25, 0.3) is 0 Å². The summed E-state index contributed by atoms with van der Waals surface area (Å²) in [5.74, 6) is 0.904. The van der Waals surface area contributed by atoms with E-state index in [0.717, 1.165) is 43.1 Å². The maximum atomic E-state index is 9.73. The third-order valence-electron chi connectivity index (χ3n) is 4.84. The van der Waals surface area contributed by atoms with E-state index in [1.54, 1.807) is 0 Å². The average molecular weight is 322 g/mol. The van der Waals surface area contributed by atoms with Crippen LogP contribution in [0.2, 0.25) is 0 Å². The first kappa shape index (κ1) is 15.1. The van der Waals surface area contributed by atoms with Gasteiger partial charge in [0.2, 0.25) is 0 Å². The van der Waals surface area contributed by atoms with E-state index in [4.69, 9.17) is 0 Å². The van der Waals surface area contributed by atoms with Gasteiger partial charge in [-0.2, -0.15) is 0 Å². The van der Waals surface area contributed by atoms with Crippen molar-refractivity contribution in [2.75, 3.05) is 18.0 Å². The highest BCUT2D eigenvalue weighted by Crippen LogP contribution is 2.29. The van der Waals surface area contributed by atoms with Crippen LogP contribution in [0.5, 0.6) is 0 Å². The van der Waals surface area contributed by atoms with E-state index in [2.05, 4.69) is 51.3 Å². The molecule has 2 aromatic heterocycles. The predicted molar refractivity (Wildman–Crippen MR) is 95.4 cm³/mol. The fourth-order valence-electron chi connectivity index (χ4n) is 3.42. The second kappa shape index (κ2) is 5.91. The van der Waals surface area contributed by atoms with Crippen LogP contribution in [0.25, 0.3) is 16.9 Å². The molecule has 1 N–H and O–H groups in total. The minimum Gasteiger partial charge on any atom is -0.393 e. The maximum Gasteiger partial charge on any atom is 0.180 e. The average Bonchev–Trinajstić information content (AvgIpc) is 3.02. The van der Waals surface area contributed by atoms with Gasteiger partial charge in [-0.3, -0.25) is 4.40 Å². The van der Waals surface area contributed by atoms with Gasteiger partial charge in [-0.1, -0.05) is 17.7 Å². The summed E-state index contributed by atoms with van der Waals surface area (Å²) in [6, 6.07) is 6.49. The van der Waals surface area contributed by atoms with E-state index in [1.807, 2.05) is 18.6 Å². The molecule has 1 aliphatic heterocycles. The molecule has 0 radical (unpaired) electrons. The zero-order chi connectivity index (χ0) is 16.7. The monoisotopic (exact) mass is 322 g/mol. The third kappa shape index (κ3) is 2.55. The van der Waals surface area contributed by atoms with Gasteiger partial charge in [0.05, 0.1) is 18.0 Å². The number of rotatable bonds is 2. The molecule has 124 valence electrons. The quantitative estimate of drug-likeness (QED) is 0.788. The number of aromatic nitrogens is 3. The second-order valence-corrected chi connectivity index (χ2v) is 6.62. The summed E-state index contributed by atoms with van der Waals surface area (Å²) in [7, 11) is 0. The number of aryl methyl sites for hydroxylation is 2. The highest BCUT2D eigenvalue weighted by atomic mass is 16.3. The lowest BCUT2D eigenvalue weighted by Gasteiger charge is -2.30. The Bertz CT molecular complexity index is 878. The Morgan fingerprint density at radius 2 is 1.92 bits per heavy atom. The minimum absolute atomic E-state index is 0.189. The van der Waals surface area contributed by atoms with Crippen LogP contribution in [-0.2, 0) is 0 Å². The molecule has 3 aromatic rings. The summed E-state index contributed by atoms with van der Waals surface area (Å²) in [6.45, 7) is 5.87. The lowest BCUT2D eigenvalue weighted by atomic mass is 10.0. The van der Waals surface area contributed by atoms with Gasteiger partial charge < -0.3 is 10.0 Å². The van der Waals surface area contributed by atoms with Crippen molar-refractivity contribution in [3.8, 4) is 11.3 Å². The lowest BCUT2D eigenvalue weighted by Crippen LogP contribution is -2.36. The Morgan fingerprint density at radius 1 is 1.12 bits per heavy atom. The molecule has 0 unspecified atom stereocenters. The summed E-state index contributed by atoms with van der Waals surface area (Å²) in [6.07, 6.45) is 7.12. The molecule has 24 heavy (non-hydrogen) atoms. The Hall–Kier alpha value is -2.40. The van der Waals surface area contributed by atoms with Crippen molar-refractivity contribution in [1.29, 1.82) is 0 Å². The molecular weight excluding hydrogens is 300 g/mol. The van der Waals surface area contributed by atoms with Crippen LogP contribution >= 0.6 is 0 Å².